The fourth-order valence-corrected chi connectivity index (χ4v) is 2.10. The molecule has 0 aliphatic rings. The average molecular weight is 253 g/mol. The summed E-state index contributed by atoms with van der Waals surface area (Å²) < 4.78 is 0. The monoisotopic (exact) mass is 252 g/mol. The highest BCUT2D eigenvalue weighted by molar-refractivity contribution is 6.31. The van der Waals surface area contributed by atoms with Crippen LogP contribution in [0.2, 0.25) is 5.02 Å². The van der Waals surface area contributed by atoms with Gasteiger partial charge in [0.25, 0.3) is 0 Å². The molecule has 0 unspecified atom stereocenters. The molecule has 0 fully saturated rings. The molecule has 0 saturated carbocycles. The summed E-state index contributed by atoms with van der Waals surface area (Å²) in [6.45, 7) is 2.00. The molecule has 0 aliphatic carbocycles. The third-order valence-electron chi connectivity index (χ3n) is 2.67. The first-order valence-corrected chi connectivity index (χ1v) is 5.16. The summed E-state index contributed by atoms with van der Waals surface area (Å²) in [4.78, 5) is 7.61. The van der Waals surface area contributed by atoms with Crippen molar-refractivity contribution in [2.45, 2.75) is 6.92 Å². The van der Waals surface area contributed by atoms with Gasteiger partial charge in [-0.1, -0.05) is 11.6 Å². The van der Waals surface area contributed by atoms with E-state index in [-0.39, 0.29) is 12.4 Å². The Morgan fingerprint density at radius 2 is 2.00 bits per heavy atom. The molecule has 16 heavy (non-hydrogen) atoms. The van der Waals surface area contributed by atoms with Crippen LogP contribution in [0.15, 0.2) is 30.5 Å². The number of benzene rings is 1. The molecule has 82 valence electrons. The summed E-state index contributed by atoms with van der Waals surface area (Å²) in [6.07, 6.45) is 1.83. The minimum absolute atomic E-state index is 0. The minimum Gasteiger partial charge on any atom is -0.353 e. The highest BCUT2D eigenvalue weighted by Crippen LogP contribution is 2.28. The summed E-state index contributed by atoms with van der Waals surface area (Å²) in [7, 11) is 0. The molecule has 1 N–H and O–H groups in total. The van der Waals surface area contributed by atoms with E-state index in [1.165, 1.54) is 5.39 Å². The Morgan fingerprint density at radius 3 is 2.81 bits per heavy atom. The smallest absolute Gasteiger partial charge is 0.0681 e. The molecule has 2 nitrogen and oxygen atoms in total. The molecule has 3 aromatic rings. The van der Waals surface area contributed by atoms with E-state index >= 15 is 0 Å². The zero-order valence-electron chi connectivity index (χ0n) is 8.62. The van der Waals surface area contributed by atoms with Crippen molar-refractivity contribution in [3.8, 4) is 0 Å². The van der Waals surface area contributed by atoms with Crippen molar-refractivity contribution >= 4 is 45.8 Å². The summed E-state index contributed by atoms with van der Waals surface area (Å²) in [5.74, 6) is 0. The lowest BCUT2D eigenvalue weighted by Gasteiger charge is -1.93. The zero-order chi connectivity index (χ0) is 10.4. The van der Waals surface area contributed by atoms with Gasteiger partial charge in [-0.2, -0.15) is 0 Å². The van der Waals surface area contributed by atoms with E-state index in [4.69, 9.17) is 11.6 Å². The number of nitrogens with zero attached hydrogens (tertiary/aromatic N) is 1. The number of H-pyrrole nitrogens is 1. The molecule has 0 bridgehead atoms. The molecule has 0 spiro atoms. The normalized spacial score (nSPS) is 10.6. The van der Waals surface area contributed by atoms with Gasteiger partial charge in [0.1, 0.15) is 0 Å². The van der Waals surface area contributed by atoms with Gasteiger partial charge in [0, 0.05) is 27.5 Å². The van der Waals surface area contributed by atoms with Gasteiger partial charge in [-0.05, 0) is 31.2 Å². The number of aromatic amines is 1. The summed E-state index contributed by atoms with van der Waals surface area (Å²) in [6, 6.07) is 7.88. The van der Waals surface area contributed by atoms with Crippen LogP contribution >= 0.6 is 24.0 Å². The van der Waals surface area contributed by atoms with E-state index in [0.717, 1.165) is 27.1 Å². The van der Waals surface area contributed by atoms with Crippen molar-refractivity contribution in [2.75, 3.05) is 0 Å². The number of hydrogen-bond donors (Lipinski definition) is 1. The van der Waals surface area contributed by atoms with Gasteiger partial charge in [0.05, 0.1) is 11.2 Å². The molecular weight excluding hydrogens is 243 g/mol. The van der Waals surface area contributed by atoms with Gasteiger partial charge in [-0.3, -0.25) is 4.98 Å². The Morgan fingerprint density at radius 1 is 1.19 bits per heavy atom. The molecule has 0 atom stereocenters. The van der Waals surface area contributed by atoms with E-state index in [9.17, 15) is 0 Å². The lowest BCUT2D eigenvalue weighted by molar-refractivity contribution is 1.22. The molecule has 0 saturated heterocycles. The van der Waals surface area contributed by atoms with Crippen molar-refractivity contribution in [2.24, 2.45) is 0 Å². The Hall–Kier alpha value is -1.25. The minimum atomic E-state index is 0. The Labute approximate surface area is 104 Å². The number of nitrogens with one attached hydrogen (secondary N) is 1. The topological polar surface area (TPSA) is 28.7 Å². The third-order valence-corrected chi connectivity index (χ3v) is 2.91. The van der Waals surface area contributed by atoms with Crippen molar-refractivity contribution in [3.63, 3.8) is 0 Å². The third kappa shape index (κ3) is 1.55. The molecule has 3 rings (SSSR count). The standard InChI is InChI=1S/C12H9ClN2.ClH/c1-7-12-9(4-5-14-7)10-6-8(13)2-3-11(10)15-12;/h2-6,15H,1H3;1H. The van der Waals surface area contributed by atoms with E-state index in [1.807, 2.05) is 37.4 Å². The van der Waals surface area contributed by atoms with Crippen LogP contribution in [-0.2, 0) is 0 Å². The van der Waals surface area contributed by atoms with E-state index < -0.39 is 0 Å². The number of rotatable bonds is 0. The van der Waals surface area contributed by atoms with Crippen molar-refractivity contribution < 1.29 is 0 Å². The maximum absolute atomic E-state index is 5.99. The van der Waals surface area contributed by atoms with E-state index in [0.29, 0.717) is 0 Å². The Balaban J connectivity index is 0.000000963. The van der Waals surface area contributed by atoms with Gasteiger partial charge >= 0.3 is 0 Å². The lowest BCUT2D eigenvalue weighted by Crippen LogP contribution is -1.79. The highest BCUT2D eigenvalue weighted by Gasteiger charge is 2.06. The molecular formula is C12H10Cl2N2. The van der Waals surface area contributed by atoms with E-state index in [1.54, 1.807) is 0 Å². The molecule has 1 aromatic carbocycles. The second kappa shape index (κ2) is 3.96. The van der Waals surface area contributed by atoms with E-state index in [2.05, 4.69) is 9.97 Å². The molecule has 4 heteroatoms. The predicted octanol–water partition coefficient (Wildman–Crippen LogP) is 4.10. The number of aryl methyl sites for hydroxylation is 1. The quantitative estimate of drug-likeness (QED) is 0.642. The van der Waals surface area contributed by atoms with Gasteiger partial charge in [0.15, 0.2) is 0 Å². The fourth-order valence-electron chi connectivity index (χ4n) is 1.93. The Bertz CT molecular complexity index is 658. The lowest BCUT2D eigenvalue weighted by atomic mass is 10.2. The second-order valence-electron chi connectivity index (χ2n) is 3.63. The number of pyridine rings is 1. The van der Waals surface area contributed by atoms with Gasteiger partial charge in [0.2, 0.25) is 0 Å². The van der Waals surface area contributed by atoms with Gasteiger partial charge < -0.3 is 4.98 Å². The van der Waals surface area contributed by atoms with Crippen LogP contribution in [0.1, 0.15) is 5.69 Å². The second-order valence-corrected chi connectivity index (χ2v) is 4.07. The summed E-state index contributed by atoms with van der Waals surface area (Å²) >= 11 is 5.99. The van der Waals surface area contributed by atoms with Crippen molar-refractivity contribution in [1.82, 2.24) is 9.97 Å². The highest BCUT2D eigenvalue weighted by atomic mass is 35.5. The van der Waals surface area contributed by atoms with Crippen molar-refractivity contribution in [3.05, 3.63) is 41.2 Å². The number of fused-ring (bicyclic) bond motifs is 3. The van der Waals surface area contributed by atoms with Crippen LogP contribution in [-0.4, -0.2) is 9.97 Å². The molecule has 0 amide bonds. The van der Waals surface area contributed by atoms with Gasteiger partial charge in [-0.25, -0.2) is 0 Å². The largest absolute Gasteiger partial charge is 0.353 e. The van der Waals surface area contributed by atoms with Crippen LogP contribution in [0.4, 0.5) is 0 Å². The maximum atomic E-state index is 5.99. The predicted molar refractivity (Wildman–Crippen MR) is 70.6 cm³/mol. The van der Waals surface area contributed by atoms with Crippen LogP contribution in [0.25, 0.3) is 21.8 Å². The van der Waals surface area contributed by atoms with Crippen molar-refractivity contribution in [1.29, 1.82) is 0 Å². The average Bonchev–Trinajstić information content (AvgIpc) is 2.58. The summed E-state index contributed by atoms with van der Waals surface area (Å²) in [5, 5.41) is 3.10. The SMILES string of the molecule is Cc1nccc2c1[nH]c1ccc(Cl)cc12.Cl. The van der Waals surface area contributed by atoms with Gasteiger partial charge in [-0.15, -0.1) is 12.4 Å². The van der Waals surface area contributed by atoms with Crippen LogP contribution in [0, 0.1) is 6.92 Å². The molecule has 2 heterocycles. The molecule has 2 aromatic heterocycles. The summed E-state index contributed by atoms with van der Waals surface area (Å²) in [5.41, 5.74) is 3.21. The fraction of sp³-hybridized carbons (Fsp3) is 0.0833. The maximum Gasteiger partial charge on any atom is 0.0681 e. The van der Waals surface area contributed by atoms with Crippen LogP contribution < -0.4 is 0 Å². The zero-order valence-corrected chi connectivity index (χ0v) is 10.2. The first kappa shape index (κ1) is 11.2. The molecule has 0 radical (unpaired) electrons. The first-order valence-electron chi connectivity index (χ1n) is 4.78. The Kier molecular flexibility index (Phi) is 2.78. The molecule has 0 aliphatic heterocycles. The van der Waals surface area contributed by atoms with Crippen LogP contribution in [0.3, 0.4) is 0 Å². The number of aromatic nitrogens is 2. The first-order chi connectivity index (χ1) is 7.25. The van der Waals surface area contributed by atoms with Crippen LogP contribution in [0.5, 0.6) is 0 Å². The number of hydrogen-bond acceptors (Lipinski definition) is 1. The number of halogens is 2.